The van der Waals surface area contributed by atoms with Gasteiger partial charge in [-0.15, -0.1) is 24.8 Å². The first-order chi connectivity index (χ1) is 9.08. The molecule has 21 heavy (non-hydrogen) atoms. The van der Waals surface area contributed by atoms with Crippen LogP contribution in [0.2, 0.25) is 0 Å². The van der Waals surface area contributed by atoms with Crippen LogP contribution in [-0.2, 0) is 6.54 Å². The molecule has 1 saturated carbocycles. The molecule has 2 N–H and O–H groups in total. The molecule has 1 fully saturated rings. The topological polar surface area (TPSA) is 46.3 Å². The summed E-state index contributed by atoms with van der Waals surface area (Å²) < 4.78 is 0. The van der Waals surface area contributed by atoms with Crippen LogP contribution >= 0.6 is 24.8 Å². The molecule has 0 aliphatic heterocycles. The number of halogens is 2. The minimum Gasteiger partial charge on any atom is -0.398 e. The van der Waals surface area contributed by atoms with Gasteiger partial charge in [-0.1, -0.05) is 19.3 Å². The van der Waals surface area contributed by atoms with Crippen LogP contribution in [0.15, 0.2) is 18.2 Å². The maximum Gasteiger partial charge on any atom is 0.159 e. The fourth-order valence-corrected chi connectivity index (χ4v) is 2.88. The molecular formula is C16H26Cl2N2O. The van der Waals surface area contributed by atoms with Crippen molar-refractivity contribution in [2.45, 2.75) is 51.6 Å². The van der Waals surface area contributed by atoms with Crippen molar-refractivity contribution < 1.29 is 4.79 Å². The molecule has 1 aromatic carbocycles. The molecule has 0 radical (unpaired) electrons. The van der Waals surface area contributed by atoms with E-state index in [1.807, 2.05) is 18.2 Å². The summed E-state index contributed by atoms with van der Waals surface area (Å²) in [7, 11) is 2.16. The number of rotatable bonds is 4. The molecule has 0 amide bonds. The Bertz CT molecular complexity index is 460. The van der Waals surface area contributed by atoms with Gasteiger partial charge < -0.3 is 5.73 Å². The predicted molar refractivity (Wildman–Crippen MR) is 93.7 cm³/mol. The van der Waals surface area contributed by atoms with E-state index >= 15 is 0 Å². The highest BCUT2D eigenvalue weighted by Gasteiger charge is 2.18. The second kappa shape index (κ2) is 9.29. The molecule has 5 heteroatoms. The van der Waals surface area contributed by atoms with Crippen LogP contribution in [0, 0.1) is 0 Å². The number of nitrogen functional groups attached to an aromatic ring is 1. The summed E-state index contributed by atoms with van der Waals surface area (Å²) in [5, 5.41) is 0. The Morgan fingerprint density at radius 3 is 2.43 bits per heavy atom. The molecule has 0 bridgehead atoms. The number of nitrogens with zero attached hydrogens (tertiary/aromatic N) is 1. The lowest BCUT2D eigenvalue weighted by atomic mass is 9.94. The van der Waals surface area contributed by atoms with E-state index in [0.29, 0.717) is 6.04 Å². The van der Waals surface area contributed by atoms with Crippen molar-refractivity contribution in [1.29, 1.82) is 0 Å². The SMILES string of the molecule is CC(=O)c1ccc(N)c(CN(C)C2CCCCC2)c1.Cl.Cl. The van der Waals surface area contributed by atoms with Crippen LogP contribution in [0.5, 0.6) is 0 Å². The number of anilines is 1. The molecule has 3 nitrogen and oxygen atoms in total. The summed E-state index contributed by atoms with van der Waals surface area (Å²) >= 11 is 0. The van der Waals surface area contributed by atoms with Crippen molar-refractivity contribution in [3.05, 3.63) is 29.3 Å². The zero-order valence-corrected chi connectivity index (χ0v) is 14.4. The smallest absolute Gasteiger partial charge is 0.159 e. The van der Waals surface area contributed by atoms with Gasteiger partial charge in [0.1, 0.15) is 0 Å². The number of carbonyl (C=O) groups excluding carboxylic acids is 1. The summed E-state index contributed by atoms with van der Waals surface area (Å²) in [4.78, 5) is 13.8. The predicted octanol–water partition coefficient (Wildman–Crippen LogP) is 4.08. The zero-order valence-electron chi connectivity index (χ0n) is 12.8. The van der Waals surface area contributed by atoms with Crippen LogP contribution in [-0.4, -0.2) is 23.8 Å². The van der Waals surface area contributed by atoms with Gasteiger partial charge in [0, 0.05) is 23.8 Å². The van der Waals surface area contributed by atoms with E-state index in [9.17, 15) is 4.79 Å². The Balaban J connectivity index is 0.00000200. The van der Waals surface area contributed by atoms with E-state index in [1.165, 1.54) is 32.1 Å². The molecule has 0 heterocycles. The summed E-state index contributed by atoms with van der Waals surface area (Å²) in [6.45, 7) is 2.43. The van der Waals surface area contributed by atoms with Crippen LogP contribution in [0.25, 0.3) is 0 Å². The molecule has 1 aliphatic carbocycles. The molecule has 120 valence electrons. The van der Waals surface area contributed by atoms with Crippen LogP contribution in [0.3, 0.4) is 0 Å². The zero-order chi connectivity index (χ0) is 13.8. The average molecular weight is 333 g/mol. The molecule has 0 saturated heterocycles. The average Bonchev–Trinajstić information content (AvgIpc) is 2.42. The second-order valence-electron chi connectivity index (χ2n) is 5.68. The van der Waals surface area contributed by atoms with E-state index in [0.717, 1.165) is 23.4 Å². The van der Waals surface area contributed by atoms with E-state index < -0.39 is 0 Å². The van der Waals surface area contributed by atoms with E-state index in [-0.39, 0.29) is 30.6 Å². The van der Waals surface area contributed by atoms with Crippen LogP contribution in [0.4, 0.5) is 5.69 Å². The second-order valence-corrected chi connectivity index (χ2v) is 5.68. The highest BCUT2D eigenvalue weighted by atomic mass is 35.5. The van der Waals surface area contributed by atoms with Gasteiger partial charge in [0.2, 0.25) is 0 Å². The third-order valence-corrected chi connectivity index (χ3v) is 4.17. The molecule has 1 aliphatic rings. The summed E-state index contributed by atoms with van der Waals surface area (Å²) in [5.41, 5.74) is 8.64. The number of nitrogens with two attached hydrogens (primary N) is 1. The number of hydrogen-bond donors (Lipinski definition) is 1. The molecule has 0 spiro atoms. The number of ketones is 1. The molecule has 0 unspecified atom stereocenters. The monoisotopic (exact) mass is 332 g/mol. The number of carbonyl (C=O) groups is 1. The Morgan fingerprint density at radius 2 is 1.86 bits per heavy atom. The van der Waals surface area contributed by atoms with Gasteiger partial charge >= 0.3 is 0 Å². The Morgan fingerprint density at radius 1 is 1.24 bits per heavy atom. The minimum absolute atomic E-state index is 0. The first kappa shape index (κ1) is 20.2. The molecule has 0 atom stereocenters. The highest BCUT2D eigenvalue weighted by molar-refractivity contribution is 5.94. The number of hydrogen-bond acceptors (Lipinski definition) is 3. The van der Waals surface area contributed by atoms with Crippen molar-refractivity contribution in [2.75, 3.05) is 12.8 Å². The fraction of sp³-hybridized carbons (Fsp3) is 0.562. The first-order valence-corrected chi connectivity index (χ1v) is 7.17. The van der Waals surface area contributed by atoms with Crippen molar-refractivity contribution in [3.8, 4) is 0 Å². The normalized spacial score (nSPS) is 15.2. The van der Waals surface area contributed by atoms with Gasteiger partial charge in [-0.2, -0.15) is 0 Å². The lowest BCUT2D eigenvalue weighted by molar-refractivity contribution is 0.101. The molecular weight excluding hydrogens is 307 g/mol. The number of Topliss-reactive ketones (excluding diaryl/α,β-unsaturated/α-hetero) is 1. The minimum atomic E-state index is 0. The molecule has 1 aromatic rings. The van der Waals surface area contributed by atoms with Gasteiger partial charge in [0.05, 0.1) is 0 Å². The maximum atomic E-state index is 11.4. The van der Waals surface area contributed by atoms with E-state index in [2.05, 4.69) is 11.9 Å². The van der Waals surface area contributed by atoms with E-state index in [4.69, 9.17) is 5.73 Å². The van der Waals surface area contributed by atoms with Crippen LogP contribution in [0.1, 0.15) is 54.9 Å². The van der Waals surface area contributed by atoms with Gasteiger partial charge in [-0.25, -0.2) is 0 Å². The Labute approximate surface area is 140 Å². The maximum absolute atomic E-state index is 11.4. The molecule has 0 aromatic heterocycles. The summed E-state index contributed by atoms with van der Waals surface area (Å²) in [6.07, 6.45) is 6.59. The van der Waals surface area contributed by atoms with Gasteiger partial charge in [0.15, 0.2) is 5.78 Å². The number of benzene rings is 1. The highest BCUT2D eigenvalue weighted by Crippen LogP contribution is 2.24. The Kier molecular flexibility index (Phi) is 8.95. The van der Waals surface area contributed by atoms with Crippen molar-refractivity contribution >= 4 is 36.3 Å². The lowest BCUT2D eigenvalue weighted by Gasteiger charge is -2.31. The van der Waals surface area contributed by atoms with Crippen molar-refractivity contribution in [3.63, 3.8) is 0 Å². The molecule has 2 rings (SSSR count). The standard InChI is InChI=1S/C16H24N2O.2ClH/c1-12(19)13-8-9-16(17)14(10-13)11-18(2)15-6-4-3-5-7-15;;/h8-10,15H,3-7,11,17H2,1-2H3;2*1H. The third kappa shape index (κ3) is 5.50. The van der Waals surface area contributed by atoms with Gasteiger partial charge in [-0.3, -0.25) is 9.69 Å². The van der Waals surface area contributed by atoms with E-state index in [1.54, 1.807) is 6.92 Å². The van der Waals surface area contributed by atoms with Crippen LogP contribution < -0.4 is 5.73 Å². The fourth-order valence-electron chi connectivity index (χ4n) is 2.88. The summed E-state index contributed by atoms with van der Waals surface area (Å²) in [6, 6.07) is 6.26. The largest absolute Gasteiger partial charge is 0.398 e. The van der Waals surface area contributed by atoms with Crippen molar-refractivity contribution in [1.82, 2.24) is 4.90 Å². The quantitative estimate of drug-likeness (QED) is 0.667. The lowest BCUT2D eigenvalue weighted by Crippen LogP contribution is -2.33. The summed E-state index contributed by atoms with van der Waals surface area (Å²) in [5.74, 6) is 0.0987. The van der Waals surface area contributed by atoms with Gasteiger partial charge in [-0.05, 0) is 50.6 Å². The first-order valence-electron chi connectivity index (χ1n) is 7.17. The van der Waals surface area contributed by atoms with Gasteiger partial charge in [0.25, 0.3) is 0 Å². The Hall–Kier alpha value is -0.770. The third-order valence-electron chi connectivity index (χ3n) is 4.17. The van der Waals surface area contributed by atoms with Crippen molar-refractivity contribution in [2.24, 2.45) is 0 Å².